The van der Waals surface area contributed by atoms with Gasteiger partial charge in [-0.1, -0.05) is 6.79 Å². The van der Waals surface area contributed by atoms with Gasteiger partial charge >= 0.3 is 0 Å². The van der Waals surface area contributed by atoms with Gasteiger partial charge in [0.15, 0.2) is 6.29 Å². The van der Waals surface area contributed by atoms with Crippen LogP contribution in [0.1, 0.15) is 20.3 Å². The van der Waals surface area contributed by atoms with Gasteiger partial charge in [0.05, 0.1) is 6.61 Å². The van der Waals surface area contributed by atoms with Crippen molar-refractivity contribution in [2.45, 2.75) is 26.6 Å². The second-order valence-electron chi connectivity index (χ2n) is 2.12. The molecular weight excluding hydrogens is 208 g/mol. The number of hydrogen-bond donors (Lipinski definition) is 1. The van der Waals surface area contributed by atoms with E-state index in [1.807, 2.05) is 13.8 Å². The first kappa shape index (κ1) is 16.0. The van der Waals surface area contributed by atoms with Crippen LogP contribution in [-0.4, -0.2) is 31.2 Å². The molecule has 1 rings (SSSR count). The standard InChI is InChI=1S/C5H11O2.C3H6O2.Ti/c1-3-6-5-7-4-2;4-3-1-2-5-3;/h5H,3-4H2,1-2H3;3-4H,1-2H2;/q-1;;. The maximum absolute atomic E-state index is 8.23. The predicted molar refractivity (Wildman–Crippen MR) is 44.1 cm³/mol. The summed E-state index contributed by atoms with van der Waals surface area (Å²) in [5, 5.41) is 8.23. The van der Waals surface area contributed by atoms with Crippen LogP contribution in [0.15, 0.2) is 0 Å². The average Bonchev–Trinajstić information content (AvgIpc) is 2.03. The molecule has 1 saturated heterocycles. The van der Waals surface area contributed by atoms with E-state index in [0.717, 1.165) is 13.0 Å². The van der Waals surface area contributed by atoms with Crippen LogP contribution in [0.3, 0.4) is 0 Å². The molecule has 5 heteroatoms. The van der Waals surface area contributed by atoms with Crippen molar-refractivity contribution in [3.8, 4) is 0 Å². The fourth-order valence-corrected chi connectivity index (χ4v) is 0.407. The van der Waals surface area contributed by atoms with Crippen molar-refractivity contribution in [2.75, 3.05) is 19.8 Å². The minimum absolute atomic E-state index is 0. The molecule has 0 aromatic rings. The van der Waals surface area contributed by atoms with E-state index in [9.17, 15) is 0 Å². The van der Waals surface area contributed by atoms with Gasteiger partial charge in [0, 0.05) is 41.4 Å². The van der Waals surface area contributed by atoms with E-state index in [-0.39, 0.29) is 21.7 Å². The van der Waals surface area contributed by atoms with Crippen LogP contribution in [0.2, 0.25) is 0 Å². The summed E-state index contributed by atoms with van der Waals surface area (Å²) in [7, 11) is 0. The fraction of sp³-hybridized carbons (Fsp3) is 0.875. The zero-order chi connectivity index (χ0) is 9.23. The third kappa shape index (κ3) is 12.6. The summed E-state index contributed by atoms with van der Waals surface area (Å²) in [5.74, 6) is 0. The van der Waals surface area contributed by atoms with Crippen LogP contribution in [0.25, 0.3) is 0 Å². The molecule has 1 unspecified atom stereocenters. The van der Waals surface area contributed by atoms with Gasteiger partial charge in [0.25, 0.3) is 0 Å². The van der Waals surface area contributed by atoms with Crippen LogP contribution < -0.4 is 0 Å². The van der Waals surface area contributed by atoms with Gasteiger partial charge in [-0.3, -0.25) is 0 Å². The molecule has 0 spiro atoms. The van der Waals surface area contributed by atoms with Crippen molar-refractivity contribution >= 4 is 0 Å². The van der Waals surface area contributed by atoms with Crippen molar-refractivity contribution in [2.24, 2.45) is 0 Å². The van der Waals surface area contributed by atoms with Crippen molar-refractivity contribution in [1.29, 1.82) is 0 Å². The van der Waals surface area contributed by atoms with Gasteiger partial charge < -0.3 is 19.3 Å². The van der Waals surface area contributed by atoms with E-state index < -0.39 is 6.29 Å². The van der Waals surface area contributed by atoms with Crippen molar-refractivity contribution in [3.05, 3.63) is 6.79 Å². The first-order chi connectivity index (χ1) is 5.81. The Morgan fingerprint density at radius 2 is 1.77 bits per heavy atom. The number of hydrogen-bond acceptors (Lipinski definition) is 4. The van der Waals surface area contributed by atoms with E-state index in [1.54, 1.807) is 0 Å². The molecule has 0 aromatic carbocycles. The molecule has 1 heterocycles. The van der Waals surface area contributed by atoms with Gasteiger partial charge in [-0.15, -0.1) is 0 Å². The van der Waals surface area contributed by atoms with Crippen molar-refractivity contribution in [1.82, 2.24) is 0 Å². The molecule has 4 nitrogen and oxygen atoms in total. The number of aliphatic hydroxyl groups is 1. The molecule has 1 aliphatic rings. The Labute approximate surface area is 94.4 Å². The third-order valence-corrected chi connectivity index (χ3v) is 1.14. The molecule has 0 aliphatic carbocycles. The van der Waals surface area contributed by atoms with Gasteiger partial charge in [-0.05, 0) is 13.8 Å². The molecule has 13 heavy (non-hydrogen) atoms. The normalized spacial score (nSPS) is 19.2. The Morgan fingerprint density at radius 1 is 1.38 bits per heavy atom. The van der Waals surface area contributed by atoms with Crippen molar-refractivity contribution < 1.29 is 41.0 Å². The van der Waals surface area contributed by atoms with E-state index >= 15 is 0 Å². The molecule has 0 radical (unpaired) electrons. The predicted octanol–water partition coefficient (Wildman–Crippen LogP) is 0.901. The first-order valence-electron chi connectivity index (χ1n) is 4.15. The smallest absolute Gasteiger partial charge is 0.156 e. The van der Waals surface area contributed by atoms with Crippen LogP contribution in [0.4, 0.5) is 0 Å². The Bertz CT molecular complexity index is 84.2. The minimum atomic E-state index is -0.435. The molecule has 0 aromatic heterocycles. The average molecular weight is 225 g/mol. The zero-order valence-electron chi connectivity index (χ0n) is 8.16. The van der Waals surface area contributed by atoms with E-state index in [0.29, 0.717) is 13.2 Å². The Kier molecular flexibility index (Phi) is 15.5. The number of aliphatic hydroxyl groups excluding tert-OH is 1. The maximum atomic E-state index is 8.23. The topological polar surface area (TPSA) is 47.9 Å². The maximum Gasteiger partial charge on any atom is 0.156 e. The molecule has 0 bridgehead atoms. The molecule has 1 N–H and O–H groups in total. The summed E-state index contributed by atoms with van der Waals surface area (Å²) in [6.07, 6.45) is 0.384. The second-order valence-corrected chi connectivity index (χ2v) is 2.12. The summed E-state index contributed by atoms with van der Waals surface area (Å²) < 4.78 is 13.9. The fourth-order valence-electron chi connectivity index (χ4n) is 0.407. The van der Waals surface area contributed by atoms with Crippen molar-refractivity contribution in [3.63, 3.8) is 0 Å². The summed E-state index contributed by atoms with van der Waals surface area (Å²) in [6, 6.07) is 0. The van der Waals surface area contributed by atoms with Gasteiger partial charge in [0.2, 0.25) is 0 Å². The first-order valence-corrected chi connectivity index (χ1v) is 4.15. The summed E-state index contributed by atoms with van der Waals surface area (Å²) in [5.41, 5.74) is 0. The Hall–Kier alpha value is 0.554. The molecule has 78 valence electrons. The number of ether oxygens (including phenoxy) is 3. The second kappa shape index (κ2) is 12.6. The molecular formula is C8H17O4Ti-. The Morgan fingerprint density at radius 3 is 1.92 bits per heavy atom. The van der Waals surface area contributed by atoms with Crippen LogP contribution in [0, 0.1) is 6.79 Å². The Balaban J connectivity index is 0. The van der Waals surface area contributed by atoms with Crippen LogP contribution >= 0.6 is 0 Å². The molecule has 0 amide bonds. The molecule has 1 atom stereocenters. The van der Waals surface area contributed by atoms with E-state index in [4.69, 9.17) is 14.6 Å². The zero-order valence-corrected chi connectivity index (χ0v) is 9.72. The third-order valence-electron chi connectivity index (χ3n) is 1.14. The summed E-state index contributed by atoms with van der Waals surface area (Å²) in [4.78, 5) is 0. The molecule has 1 aliphatic heterocycles. The van der Waals surface area contributed by atoms with E-state index in [2.05, 4.69) is 4.74 Å². The van der Waals surface area contributed by atoms with E-state index in [1.165, 1.54) is 6.79 Å². The monoisotopic (exact) mass is 225 g/mol. The van der Waals surface area contributed by atoms with Gasteiger partial charge in [-0.2, -0.15) is 0 Å². The largest absolute Gasteiger partial charge is 0.525 e. The minimum Gasteiger partial charge on any atom is -0.525 e. The van der Waals surface area contributed by atoms with Crippen LogP contribution in [-0.2, 0) is 35.9 Å². The summed E-state index contributed by atoms with van der Waals surface area (Å²) >= 11 is 0. The number of rotatable bonds is 4. The van der Waals surface area contributed by atoms with Gasteiger partial charge in [0.1, 0.15) is 0 Å². The van der Waals surface area contributed by atoms with Crippen LogP contribution in [0.5, 0.6) is 0 Å². The molecule has 1 fully saturated rings. The quantitative estimate of drug-likeness (QED) is 0.438. The molecule has 0 saturated carbocycles. The SMILES string of the molecule is CCO[CH-]OCC.OC1CCO1.[Ti]. The van der Waals surface area contributed by atoms with Gasteiger partial charge in [-0.25, -0.2) is 0 Å². The summed E-state index contributed by atoms with van der Waals surface area (Å²) in [6.45, 7) is 7.28.